The van der Waals surface area contributed by atoms with Gasteiger partial charge in [0, 0.05) is 23.8 Å². The summed E-state index contributed by atoms with van der Waals surface area (Å²) in [5.41, 5.74) is 2.17. The van der Waals surface area contributed by atoms with Crippen molar-refractivity contribution in [2.75, 3.05) is 11.9 Å². The third-order valence-corrected chi connectivity index (χ3v) is 6.95. The summed E-state index contributed by atoms with van der Waals surface area (Å²) in [7, 11) is -3.85. The van der Waals surface area contributed by atoms with Gasteiger partial charge in [-0.05, 0) is 44.0 Å². The number of sulfonamides is 1. The van der Waals surface area contributed by atoms with Crippen LogP contribution in [0.2, 0.25) is 0 Å². The van der Waals surface area contributed by atoms with Crippen LogP contribution in [0.5, 0.6) is 0 Å². The molecule has 0 spiro atoms. The van der Waals surface area contributed by atoms with E-state index in [0.717, 1.165) is 10.9 Å². The number of aromatic nitrogens is 1. The van der Waals surface area contributed by atoms with Gasteiger partial charge in [0.1, 0.15) is 10.9 Å². The molecule has 7 heteroatoms. The summed E-state index contributed by atoms with van der Waals surface area (Å²) in [6.45, 7) is 2.28. The molecule has 2 heterocycles. The van der Waals surface area contributed by atoms with Crippen LogP contribution in [0.15, 0.2) is 65.7 Å². The first-order valence-electron chi connectivity index (χ1n) is 9.20. The van der Waals surface area contributed by atoms with Crippen LogP contribution in [0.4, 0.5) is 5.69 Å². The number of nitrogens with one attached hydrogen (secondary N) is 1. The van der Waals surface area contributed by atoms with Gasteiger partial charge >= 0.3 is 0 Å². The summed E-state index contributed by atoms with van der Waals surface area (Å²) in [6, 6.07) is 15.4. The first-order chi connectivity index (χ1) is 13.5. The van der Waals surface area contributed by atoms with Crippen LogP contribution in [0, 0.1) is 6.92 Å². The fraction of sp³-hybridized carbons (Fsp3) is 0.238. The Morgan fingerprint density at radius 2 is 1.86 bits per heavy atom. The quantitative estimate of drug-likeness (QED) is 0.735. The maximum Gasteiger partial charge on any atom is 0.245 e. The van der Waals surface area contributed by atoms with E-state index in [2.05, 4.69) is 10.3 Å². The Labute approximate surface area is 164 Å². The van der Waals surface area contributed by atoms with E-state index in [0.29, 0.717) is 30.6 Å². The fourth-order valence-electron chi connectivity index (χ4n) is 3.56. The molecule has 1 aromatic heterocycles. The van der Waals surface area contributed by atoms with E-state index in [1.807, 2.05) is 43.3 Å². The van der Waals surface area contributed by atoms with Crippen LogP contribution in [0.25, 0.3) is 10.9 Å². The molecule has 4 rings (SSSR count). The molecule has 0 radical (unpaired) electrons. The molecule has 1 aliphatic rings. The highest BCUT2D eigenvalue weighted by molar-refractivity contribution is 7.89. The number of nitrogens with zero attached hydrogens (tertiary/aromatic N) is 2. The van der Waals surface area contributed by atoms with Crippen LogP contribution in [0.1, 0.15) is 18.4 Å². The van der Waals surface area contributed by atoms with Gasteiger partial charge in [-0.25, -0.2) is 8.42 Å². The standard InChI is InChI=1S/C21H21N3O3S/c1-15-9-11-17(12-10-15)23-21(25)18-7-4-14-24(18)28(26,27)19-8-2-5-16-6-3-13-22-20(16)19/h2-3,5-6,8-13,18H,4,7,14H2,1H3,(H,23,25)/t18-/m0/s1. The minimum atomic E-state index is -3.85. The number of benzene rings is 2. The maximum atomic E-state index is 13.4. The lowest BCUT2D eigenvalue weighted by atomic mass is 10.2. The summed E-state index contributed by atoms with van der Waals surface area (Å²) in [4.78, 5) is 17.2. The van der Waals surface area contributed by atoms with Crippen molar-refractivity contribution < 1.29 is 13.2 Å². The van der Waals surface area contributed by atoms with Crippen LogP contribution in [-0.2, 0) is 14.8 Å². The molecule has 2 aromatic carbocycles. The van der Waals surface area contributed by atoms with Gasteiger partial charge in [0.15, 0.2) is 0 Å². The average Bonchev–Trinajstić information content (AvgIpc) is 3.20. The molecule has 144 valence electrons. The SMILES string of the molecule is Cc1ccc(NC(=O)[C@@H]2CCCN2S(=O)(=O)c2cccc3cccnc23)cc1. The minimum absolute atomic E-state index is 0.139. The average molecular weight is 395 g/mol. The second kappa shape index (κ2) is 7.33. The van der Waals surface area contributed by atoms with Crippen molar-refractivity contribution in [1.82, 2.24) is 9.29 Å². The Kier molecular flexibility index (Phi) is 4.87. The zero-order valence-corrected chi connectivity index (χ0v) is 16.3. The van der Waals surface area contributed by atoms with Crippen molar-refractivity contribution in [1.29, 1.82) is 0 Å². The number of rotatable bonds is 4. The largest absolute Gasteiger partial charge is 0.325 e. The van der Waals surface area contributed by atoms with Gasteiger partial charge < -0.3 is 5.32 Å². The molecule has 1 aliphatic heterocycles. The lowest BCUT2D eigenvalue weighted by Crippen LogP contribution is -2.43. The van der Waals surface area contributed by atoms with E-state index >= 15 is 0 Å². The Morgan fingerprint density at radius 3 is 2.64 bits per heavy atom. The Balaban J connectivity index is 1.65. The van der Waals surface area contributed by atoms with Gasteiger partial charge in [0.25, 0.3) is 0 Å². The number of anilines is 1. The summed E-state index contributed by atoms with van der Waals surface area (Å²) < 4.78 is 28.0. The van der Waals surface area contributed by atoms with Crippen LogP contribution in [-0.4, -0.2) is 36.2 Å². The molecule has 28 heavy (non-hydrogen) atoms. The first kappa shape index (κ1) is 18.6. The van der Waals surface area contributed by atoms with E-state index in [1.54, 1.807) is 24.4 Å². The van der Waals surface area contributed by atoms with Gasteiger partial charge in [-0.3, -0.25) is 9.78 Å². The summed E-state index contributed by atoms with van der Waals surface area (Å²) in [5, 5.41) is 3.59. The number of hydrogen-bond donors (Lipinski definition) is 1. The highest BCUT2D eigenvalue weighted by Crippen LogP contribution is 2.30. The van der Waals surface area contributed by atoms with Crippen LogP contribution < -0.4 is 5.32 Å². The molecule has 6 nitrogen and oxygen atoms in total. The fourth-order valence-corrected chi connectivity index (χ4v) is 5.39. The molecule has 1 amide bonds. The zero-order valence-electron chi connectivity index (χ0n) is 15.5. The van der Waals surface area contributed by atoms with Crippen molar-refractivity contribution in [2.24, 2.45) is 0 Å². The number of hydrogen-bond acceptors (Lipinski definition) is 4. The number of pyridine rings is 1. The third kappa shape index (κ3) is 3.39. The summed E-state index contributed by atoms with van der Waals surface area (Å²) in [5.74, 6) is -0.307. The lowest BCUT2D eigenvalue weighted by molar-refractivity contribution is -0.119. The van der Waals surface area contributed by atoms with E-state index in [4.69, 9.17) is 0 Å². The smallest absolute Gasteiger partial charge is 0.245 e. The summed E-state index contributed by atoms with van der Waals surface area (Å²) >= 11 is 0. The van der Waals surface area contributed by atoms with Crippen molar-refractivity contribution in [3.8, 4) is 0 Å². The van der Waals surface area contributed by atoms with Crippen molar-refractivity contribution >= 4 is 32.5 Å². The predicted molar refractivity (Wildman–Crippen MR) is 108 cm³/mol. The number of fused-ring (bicyclic) bond motifs is 1. The molecule has 0 aliphatic carbocycles. The molecule has 3 aromatic rings. The van der Waals surface area contributed by atoms with E-state index in [-0.39, 0.29) is 10.8 Å². The maximum absolute atomic E-state index is 13.4. The topological polar surface area (TPSA) is 79.4 Å². The Morgan fingerprint density at radius 1 is 1.11 bits per heavy atom. The molecule has 1 fully saturated rings. The molecule has 1 atom stereocenters. The van der Waals surface area contributed by atoms with Gasteiger partial charge in [-0.1, -0.05) is 35.9 Å². The third-order valence-electron chi connectivity index (χ3n) is 5.01. The number of carbonyl (C=O) groups is 1. The highest BCUT2D eigenvalue weighted by Gasteiger charge is 2.40. The van der Waals surface area contributed by atoms with Crippen molar-refractivity contribution in [3.05, 3.63) is 66.4 Å². The molecule has 0 bridgehead atoms. The predicted octanol–water partition coefficient (Wildman–Crippen LogP) is 3.34. The van der Waals surface area contributed by atoms with E-state index in [9.17, 15) is 13.2 Å². The summed E-state index contributed by atoms with van der Waals surface area (Å²) in [6.07, 6.45) is 2.71. The minimum Gasteiger partial charge on any atom is -0.325 e. The van der Waals surface area contributed by atoms with Gasteiger partial charge in [0.05, 0.1) is 5.52 Å². The zero-order chi connectivity index (χ0) is 19.7. The van der Waals surface area contributed by atoms with Gasteiger partial charge in [-0.15, -0.1) is 0 Å². The molecule has 1 saturated heterocycles. The van der Waals surface area contributed by atoms with Crippen molar-refractivity contribution in [2.45, 2.75) is 30.7 Å². The first-order valence-corrected chi connectivity index (χ1v) is 10.6. The number of aryl methyl sites for hydroxylation is 1. The van der Waals surface area contributed by atoms with Gasteiger partial charge in [0.2, 0.25) is 15.9 Å². The normalized spacial score (nSPS) is 17.7. The highest BCUT2D eigenvalue weighted by atomic mass is 32.2. The second-order valence-electron chi connectivity index (χ2n) is 6.96. The van der Waals surface area contributed by atoms with Crippen molar-refractivity contribution in [3.63, 3.8) is 0 Å². The Bertz CT molecular complexity index is 1120. The molecular formula is C21H21N3O3S. The van der Waals surface area contributed by atoms with E-state index in [1.165, 1.54) is 4.31 Å². The number of carbonyl (C=O) groups excluding carboxylic acids is 1. The number of amides is 1. The van der Waals surface area contributed by atoms with Gasteiger partial charge in [-0.2, -0.15) is 4.31 Å². The second-order valence-corrected chi connectivity index (χ2v) is 8.82. The number of para-hydroxylation sites is 1. The van der Waals surface area contributed by atoms with E-state index < -0.39 is 16.1 Å². The molecule has 0 unspecified atom stereocenters. The lowest BCUT2D eigenvalue weighted by Gasteiger charge is -2.24. The molecule has 1 N–H and O–H groups in total. The molecule has 0 saturated carbocycles. The Hall–Kier alpha value is -2.77. The monoisotopic (exact) mass is 395 g/mol. The van der Waals surface area contributed by atoms with Crippen LogP contribution in [0.3, 0.4) is 0 Å². The molecular weight excluding hydrogens is 374 g/mol. The van der Waals surface area contributed by atoms with Crippen LogP contribution >= 0.6 is 0 Å².